The highest BCUT2D eigenvalue weighted by Crippen LogP contribution is 2.26. The Labute approximate surface area is 176 Å². The topological polar surface area (TPSA) is 53.4 Å². The van der Waals surface area contributed by atoms with Crippen molar-refractivity contribution in [1.29, 1.82) is 0 Å². The van der Waals surface area contributed by atoms with Crippen LogP contribution in [0.5, 0.6) is 5.75 Å². The molecule has 0 aliphatic heterocycles. The average molecular weight is 411 g/mol. The van der Waals surface area contributed by atoms with E-state index in [1.165, 1.54) is 4.90 Å². The molecular weight excluding hydrogens is 384 g/mol. The molecule has 6 heteroatoms. The van der Waals surface area contributed by atoms with Crippen LogP contribution in [0.4, 0.5) is 0 Å². The van der Waals surface area contributed by atoms with Crippen LogP contribution < -0.4 is 4.74 Å². The minimum absolute atomic E-state index is 0.0660. The Morgan fingerprint density at radius 1 is 1.10 bits per heavy atom. The van der Waals surface area contributed by atoms with Crippen molar-refractivity contribution >= 4 is 17.7 Å². The molecule has 2 aromatic carbocycles. The molecule has 1 heterocycles. The molecule has 152 valence electrons. The largest absolute Gasteiger partial charge is 0.482 e. The van der Waals surface area contributed by atoms with E-state index in [0.29, 0.717) is 12.4 Å². The maximum atomic E-state index is 11.4. The van der Waals surface area contributed by atoms with Crippen LogP contribution in [0.15, 0.2) is 59.5 Å². The molecule has 29 heavy (non-hydrogen) atoms. The fourth-order valence-corrected chi connectivity index (χ4v) is 3.87. The Hall–Kier alpha value is -2.73. The minimum Gasteiger partial charge on any atom is -0.482 e. The number of rotatable bonds is 9. The molecule has 0 radical (unpaired) electrons. The predicted molar refractivity (Wildman–Crippen MR) is 116 cm³/mol. The number of hydrogen-bond acceptors (Lipinski definition) is 5. The number of nitrogens with zero attached hydrogens (tertiary/aromatic N) is 2. The van der Waals surface area contributed by atoms with Crippen LogP contribution in [0, 0.1) is 13.8 Å². The number of aryl methyl sites for hydroxylation is 3. The minimum atomic E-state index is -0.352. The lowest BCUT2D eigenvalue weighted by Gasteiger charge is -2.10. The number of ether oxygens (including phenoxy) is 2. The Balaban J connectivity index is 1.54. The summed E-state index contributed by atoms with van der Waals surface area (Å²) >= 11 is 1.78. The normalized spacial score (nSPS) is 10.7. The van der Waals surface area contributed by atoms with E-state index in [0.717, 1.165) is 34.8 Å². The summed E-state index contributed by atoms with van der Waals surface area (Å²) in [4.78, 5) is 12.6. The van der Waals surface area contributed by atoms with Gasteiger partial charge in [-0.2, -0.15) is 5.10 Å². The molecule has 3 rings (SSSR count). The van der Waals surface area contributed by atoms with Gasteiger partial charge in [0, 0.05) is 21.9 Å². The quantitative estimate of drug-likeness (QED) is 0.371. The first-order valence-corrected chi connectivity index (χ1v) is 10.7. The number of aromatic nitrogens is 2. The Morgan fingerprint density at radius 3 is 2.62 bits per heavy atom. The fourth-order valence-electron chi connectivity index (χ4n) is 2.95. The molecule has 0 fully saturated rings. The number of thioether (sulfide) groups is 1. The van der Waals surface area contributed by atoms with Gasteiger partial charge in [-0.1, -0.05) is 30.3 Å². The van der Waals surface area contributed by atoms with Crippen LogP contribution in [-0.4, -0.2) is 34.7 Å². The van der Waals surface area contributed by atoms with Crippen molar-refractivity contribution in [2.45, 2.75) is 32.2 Å². The van der Waals surface area contributed by atoms with Crippen LogP contribution in [0.25, 0.3) is 11.3 Å². The summed E-state index contributed by atoms with van der Waals surface area (Å²) in [6.45, 7) is 6.98. The summed E-state index contributed by atoms with van der Waals surface area (Å²) in [5.41, 5.74) is 4.30. The lowest BCUT2D eigenvalue weighted by molar-refractivity contribution is -0.145. The van der Waals surface area contributed by atoms with E-state index in [-0.39, 0.29) is 12.6 Å². The first-order valence-electron chi connectivity index (χ1n) is 9.68. The third kappa shape index (κ3) is 5.87. The molecule has 0 N–H and O–H groups in total. The summed E-state index contributed by atoms with van der Waals surface area (Å²) in [6.07, 6.45) is 0. The first-order chi connectivity index (χ1) is 14.1. The molecule has 0 saturated carbocycles. The molecule has 0 aliphatic carbocycles. The van der Waals surface area contributed by atoms with E-state index in [1.807, 2.05) is 37.3 Å². The van der Waals surface area contributed by atoms with E-state index in [1.54, 1.807) is 18.7 Å². The SMILES string of the molecule is CCOC(=O)COc1ccc(SCCn2nc(-c3ccccc3)cc2C)cc1C. The smallest absolute Gasteiger partial charge is 0.344 e. The average Bonchev–Trinajstić information content (AvgIpc) is 3.09. The van der Waals surface area contributed by atoms with Crippen molar-refractivity contribution in [3.8, 4) is 17.0 Å². The molecule has 1 aromatic heterocycles. The van der Waals surface area contributed by atoms with Gasteiger partial charge in [-0.25, -0.2) is 4.79 Å². The molecule has 0 amide bonds. The second kappa shape index (κ2) is 10.2. The fraction of sp³-hybridized carbons (Fsp3) is 0.304. The molecule has 0 spiro atoms. The first kappa shape index (κ1) is 21.0. The summed E-state index contributed by atoms with van der Waals surface area (Å²) < 4.78 is 12.5. The Kier molecular flexibility index (Phi) is 7.36. The van der Waals surface area contributed by atoms with Crippen molar-refractivity contribution in [1.82, 2.24) is 9.78 Å². The number of esters is 1. The van der Waals surface area contributed by atoms with Gasteiger partial charge < -0.3 is 9.47 Å². The van der Waals surface area contributed by atoms with Crippen LogP contribution in [-0.2, 0) is 16.1 Å². The Morgan fingerprint density at radius 2 is 1.90 bits per heavy atom. The van der Waals surface area contributed by atoms with Crippen molar-refractivity contribution < 1.29 is 14.3 Å². The summed E-state index contributed by atoms with van der Waals surface area (Å²) in [7, 11) is 0. The lowest BCUT2D eigenvalue weighted by atomic mass is 10.1. The molecular formula is C23H26N2O3S. The highest BCUT2D eigenvalue weighted by atomic mass is 32.2. The molecule has 0 saturated heterocycles. The van der Waals surface area contributed by atoms with Gasteiger partial charge in [-0.3, -0.25) is 4.68 Å². The molecule has 3 aromatic rings. The van der Waals surface area contributed by atoms with Gasteiger partial charge in [-0.15, -0.1) is 11.8 Å². The van der Waals surface area contributed by atoms with Gasteiger partial charge in [0.2, 0.25) is 0 Å². The van der Waals surface area contributed by atoms with Gasteiger partial charge in [-0.05, 0) is 50.6 Å². The van der Waals surface area contributed by atoms with Crippen LogP contribution in [0.2, 0.25) is 0 Å². The van der Waals surface area contributed by atoms with Crippen molar-refractivity contribution in [3.63, 3.8) is 0 Å². The number of hydrogen-bond donors (Lipinski definition) is 0. The molecule has 0 aliphatic rings. The van der Waals surface area contributed by atoms with Gasteiger partial charge in [0.25, 0.3) is 0 Å². The number of benzene rings is 2. The molecule has 0 atom stereocenters. The monoisotopic (exact) mass is 410 g/mol. The summed E-state index contributed by atoms with van der Waals surface area (Å²) in [5.74, 6) is 1.27. The summed E-state index contributed by atoms with van der Waals surface area (Å²) in [5, 5.41) is 4.74. The maximum absolute atomic E-state index is 11.4. The zero-order valence-electron chi connectivity index (χ0n) is 17.1. The van der Waals surface area contributed by atoms with E-state index < -0.39 is 0 Å². The van der Waals surface area contributed by atoms with E-state index >= 15 is 0 Å². The third-order valence-electron chi connectivity index (χ3n) is 4.42. The predicted octanol–water partition coefficient (Wildman–Crippen LogP) is 4.90. The van der Waals surface area contributed by atoms with Crippen LogP contribution in [0.1, 0.15) is 18.2 Å². The van der Waals surface area contributed by atoms with Gasteiger partial charge in [0.15, 0.2) is 6.61 Å². The number of carbonyl (C=O) groups excluding carboxylic acids is 1. The second-order valence-electron chi connectivity index (χ2n) is 6.63. The lowest BCUT2D eigenvalue weighted by Crippen LogP contribution is -2.14. The van der Waals surface area contributed by atoms with Crippen molar-refractivity contribution in [3.05, 3.63) is 65.9 Å². The van der Waals surface area contributed by atoms with Crippen molar-refractivity contribution in [2.24, 2.45) is 0 Å². The zero-order chi connectivity index (χ0) is 20.6. The van der Waals surface area contributed by atoms with Gasteiger partial charge in [0.05, 0.1) is 18.8 Å². The molecule has 0 unspecified atom stereocenters. The van der Waals surface area contributed by atoms with Crippen LogP contribution >= 0.6 is 11.8 Å². The summed E-state index contributed by atoms with van der Waals surface area (Å²) in [6, 6.07) is 18.4. The highest BCUT2D eigenvalue weighted by Gasteiger charge is 2.08. The standard InChI is InChI=1S/C23H26N2O3S/c1-4-27-23(26)16-28-22-11-10-20(14-17(22)2)29-13-12-25-18(3)15-21(24-25)19-8-6-5-7-9-19/h5-11,14-15H,4,12-13,16H2,1-3H3. The van der Waals surface area contributed by atoms with Crippen LogP contribution in [0.3, 0.4) is 0 Å². The number of carbonyl (C=O) groups is 1. The van der Waals surface area contributed by atoms with Gasteiger partial charge >= 0.3 is 5.97 Å². The van der Waals surface area contributed by atoms with Gasteiger partial charge in [0.1, 0.15) is 5.75 Å². The zero-order valence-corrected chi connectivity index (χ0v) is 17.9. The highest BCUT2D eigenvalue weighted by molar-refractivity contribution is 7.99. The second-order valence-corrected chi connectivity index (χ2v) is 7.80. The third-order valence-corrected chi connectivity index (χ3v) is 5.39. The van der Waals surface area contributed by atoms with E-state index in [4.69, 9.17) is 14.6 Å². The molecule has 0 bridgehead atoms. The Bertz CT molecular complexity index is 954. The maximum Gasteiger partial charge on any atom is 0.344 e. The molecule has 5 nitrogen and oxygen atoms in total. The van der Waals surface area contributed by atoms with E-state index in [2.05, 4.69) is 35.9 Å². The van der Waals surface area contributed by atoms with Crippen molar-refractivity contribution in [2.75, 3.05) is 19.0 Å². The van der Waals surface area contributed by atoms with E-state index in [9.17, 15) is 4.79 Å².